The molecule has 0 bridgehead atoms. The fourth-order valence-electron chi connectivity index (χ4n) is 1.47. The van der Waals surface area contributed by atoms with Crippen molar-refractivity contribution in [1.29, 1.82) is 0 Å². The summed E-state index contributed by atoms with van der Waals surface area (Å²) in [5, 5.41) is 22.5. The van der Waals surface area contributed by atoms with Crippen molar-refractivity contribution in [3.8, 4) is 5.75 Å². The van der Waals surface area contributed by atoms with Crippen LogP contribution in [0.1, 0.15) is 31.7 Å². The first-order valence-electron chi connectivity index (χ1n) is 5.88. The van der Waals surface area contributed by atoms with E-state index in [1.165, 1.54) is 0 Å². The minimum atomic E-state index is -1.83. The molecule has 106 valence electrons. The summed E-state index contributed by atoms with van der Waals surface area (Å²) in [5.74, 6) is 0.459. The van der Waals surface area contributed by atoms with Gasteiger partial charge in [0.25, 0.3) is 0 Å². The lowest BCUT2D eigenvalue weighted by Gasteiger charge is -2.06. The second-order valence-corrected chi connectivity index (χ2v) is 3.72. The molecular formula is C13H18O6. The summed E-state index contributed by atoms with van der Waals surface area (Å²) >= 11 is 0. The second-order valence-electron chi connectivity index (χ2n) is 3.72. The Morgan fingerprint density at radius 1 is 1.11 bits per heavy atom. The van der Waals surface area contributed by atoms with Gasteiger partial charge in [-0.2, -0.15) is 0 Å². The van der Waals surface area contributed by atoms with E-state index in [9.17, 15) is 4.79 Å². The lowest BCUT2D eigenvalue weighted by Crippen LogP contribution is -2.05. The van der Waals surface area contributed by atoms with Gasteiger partial charge in [0.05, 0.1) is 0 Å². The maximum atomic E-state index is 10.4. The highest BCUT2D eigenvalue weighted by Crippen LogP contribution is 2.20. The van der Waals surface area contributed by atoms with E-state index in [2.05, 4.69) is 6.92 Å². The fourth-order valence-corrected chi connectivity index (χ4v) is 1.47. The number of unbranched alkanes of at least 4 members (excludes halogenated alkanes) is 2. The van der Waals surface area contributed by atoms with Gasteiger partial charge in [-0.15, -0.1) is 0 Å². The van der Waals surface area contributed by atoms with Crippen molar-refractivity contribution in [3.05, 3.63) is 29.8 Å². The molecule has 0 aliphatic rings. The molecule has 0 radical (unpaired) electrons. The molecule has 0 atom stereocenters. The molecule has 19 heavy (non-hydrogen) atoms. The maximum absolute atomic E-state index is 10.4. The Bertz CT molecular complexity index is 398. The summed E-state index contributed by atoms with van der Waals surface area (Å²) in [7, 11) is 0. The molecule has 1 rings (SSSR count). The summed E-state index contributed by atoms with van der Waals surface area (Å²) in [6.07, 6.45) is 1.16. The molecule has 0 spiro atoms. The molecule has 0 aliphatic heterocycles. The number of benzene rings is 1. The van der Waals surface area contributed by atoms with Gasteiger partial charge in [0.15, 0.2) is 0 Å². The average Bonchev–Trinajstić information content (AvgIpc) is 2.30. The van der Waals surface area contributed by atoms with E-state index in [0.29, 0.717) is 5.75 Å². The number of aryl methyl sites for hydroxylation is 1. The minimum absolute atomic E-state index is 0.459. The minimum Gasteiger partial charge on any atom is -0.450 e. The van der Waals surface area contributed by atoms with Crippen molar-refractivity contribution < 1.29 is 29.6 Å². The normalized spacial score (nSPS) is 9.11. The van der Waals surface area contributed by atoms with Gasteiger partial charge in [-0.1, -0.05) is 38.0 Å². The van der Waals surface area contributed by atoms with Crippen LogP contribution >= 0.6 is 0 Å². The van der Waals surface area contributed by atoms with Crippen LogP contribution in [-0.4, -0.2) is 27.6 Å². The maximum Gasteiger partial charge on any atom is 0.511 e. The van der Waals surface area contributed by atoms with E-state index in [0.717, 1.165) is 31.2 Å². The topological polar surface area (TPSA) is 104 Å². The molecule has 0 aliphatic carbocycles. The smallest absolute Gasteiger partial charge is 0.450 e. The third-order valence-corrected chi connectivity index (χ3v) is 2.22. The van der Waals surface area contributed by atoms with Gasteiger partial charge in [0.2, 0.25) is 0 Å². The van der Waals surface area contributed by atoms with Crippen molar-refractivity contribution >= 4 is 12.3 Å². The first-order chi connectivity index (χ1) is 8.97. The van der Waals surface area contributed by atoms with Crippen molar-refractivity contribution in [3.63, 3.8) is 0 Å². The van der Waals surface area contributed by atoms with Gasteiger partial charge >= 0.3 is 12.3 Å². The highest BCUT2D eigenvalue weighted by molar-refractivity contribution is 5.62. The van der Waals surface area contributed by atoms with Gasteiger partial charge < -0.3 is 20.1 Å². The highest BCUT2D eigenvalue weighted by atomic mass is 16.7. The van der Waals surface area contributed by atoms with Crippen LogP contribution in [-0.2, 0) is 6.42 Å². The van der Waals surface area contributed by atoms with E-state index in [1.54, 1.807) is 12.1 Å². The lowest BCUT2D eigenvalue weighted by atomic mass is 10.1. The largest absolute Gasteiger partial charge is 0.511 e. The first kappa shape index (κ1) is 16.8. The van der Waals surface area contributed by atoms with E-state index in [4.69, 9.17) is 24.9 Å². The zero-order valence-electron chi connectivity index (χ0n) is 10.7. The van der Waals surface area contributed by atoms with Crippen molar-refractivity contribution in [2.24, 2.45) is 0 Å². The van der Waals surface area contributed by atoms with Crippen LogP contribution in [0, 0.1) is 0 Å². The molecule has 6 heteroatoms. The molecule has 1 aromatic carbocycles. The molecule has 0 fully saturated rings. The monoisotopic (exact) mass is 270 g/mol. The molecule has 0 aromatic heterocycles. The Hall–Kier alpha value is -2.24. The number of hydrogen-bond donors (Lipinski definition) is 3. The van der Waals surface area contributed by atoms with Crippen LogP contribution in [0.5, 0.6) is 5.75 Å². The summed E-state index contributed by atoms with van der Waals surface area (Å²) < 4.78 is 4.69. The third-order valence-electron chi connectivity index (χ3n) is 2.22. The number of ether oxygens (including phenoxy) is 1. The van der Waals surface area contributed by atoms with Crippen LogP contribution < -0.4 is 4.74 Å². The van der Waals surface area contributed by atoms with Gasteiger partial charge in [-0.3, -0.25) is 0 Å². The summed E-state index contributed by atoms with van der Waals surface area (Å²) in [6, 6.07) is 7.28. The van der Waals surface area contributed by atoms with E-state index in [-0.39, 0.29) is 0 Å². The fraction of sp³-hybridized carbons (Fsp3) is 0.385. The predicted molar refractivity (Wildman–Crippen MR) is 69.0 cm³/mol. The predicted octanol–water partition coefficient (Wildman–Crippen LogP) is 3.70. The molecular weight excluding hydrogens is 252 g/mol. The lowest BCUT2D eigenvalue weighted by molar-refractivity contribution is 0.136. The zero-order chi connectivity index (χ0) is 14.7. The summed E-state index contributed by atoms with van der Waals surface area (Å²) in [6.45, 7) is 2.14. The van der Waals surface area contributed by atoms with Crippen molar-refractivity contribution in [2.75, 3.05) is 0 Å². The van der Waals surface area contributed by atoms with Gasteiger partial charge in [-0.05, 0) is 24.5 Å². The van der Waals surface area contributed by atoms with Crippen LogP contribution in [0.15, 0.2) is 24.3 Å². The van der Waals surface area contributed by atoms with Crippen LogP contribution in [0.4, 0.5) is 9.59 Å². The van der Waals surface area contributed by atoms with Crippen LogP contribution in [0.3, 0.4) is 0 Å². The van der Waals surface area contributed by atoms with E-state index in [1.807, 2.05) is 12.1 Å². The third kappa shape index (κ3) is 9.46. The molecule has 0 heterocycles. The molecule has 0 unspecified atom stereocenters. The quantitative estimate of drug-likeness (QED) is 0.428. The highest BCUT2D eigenvalue weighted by Gasteiger charge is 2.06. The summed E-state index contributed by atoms with van der Waals surface area (Å²) in [4.78, 5) is 19.0. The summed E-state index contributed by atoms with van der Waals surface area (Å²) in [5.41, 5.74) is 0.966. The Morgan fingerprint density at radius 3 is 2.21 bits per heavy atom. The van der Waals surface area contributed by atoms with Crippen molar-refractivity contribution in [2.45, 2.75) is 32.6 Å². The standard InChI is InChI=1S/C12H16O3.CH2O3/c1-2-3-4-7-10-8-5-6-9-11(10)15-12(13)14;2-1(3)4/h5-6,8-9H,2-4,7H2,1H3,(H,13,14);(H2,2,3,4). The van der Waals surface area contributed by atoms with Gasteiger partial charge in [-0.25, -0.2) is 9.59 Å². The number of rotatable bonds is 5. The molecule has 3 N–H and O–H groups in total. The molecule has 0 amide bonds. The molecule has 0 saturated carbocycles. The SMILES string of the molecule is CCCCCc1ccccc1OC(=O)O.O=C(O)O. The van der Waals surface area contributed by atoms with E-state index >= 15 is 0 Å². The van der Waals surface area contributed by atoms with Gasteiger partial charge in [0, 0.05) is 0 Å². The number of carbonyl (C=O) groups is 2. The number of para-hydroxylation sites is 1. The Labute approximate surface area is 111 Å². The average molecular weight is 270 g/mol. The number of hydrogen-bond acceptors (Lipinski definition) is 3. The molecule has 0 saturated heterocycles. The van der Waals surface area contributed by atoms with E-state index < -0.39 is 12.3 Å². The Morgan fingerprint density at radius 2 is 1.68 bits per heavy atom. The Balaban J connectivity index is 0.000000711. The van der Waals surface area contributed by atoms with Crippen LogP contribution in [0.25, 0.3) is 0 Å². The second kappa shape index (κ2) is 9.76. The molecule has 6 nitrogen and oxygen atoms in total. The van der Waals surface area contributed by atoms with Gasteiger partial charge in [0.1, 0.15) is 5.75 Å². The van der Waals surface area contributed by atoms with Crippen molar-refractivity contribution in [1.82, 2.24) is 0 Å². The zero-order valence-corrected chi connectivity index (χ0v) is 10.7. The first-order valence-corrected chi connectivity index (χ1v) is 5.88. The van der Waals surface area contributed by atoms with Crippen LogP contribution in [0.2, 0.25) is 0 Å². The Kier molecular flexibility index (Phi) is 8.61. The molecule has 1 aromatic rings. The number of carboxylic acid groups (broad SMARTS) is 3.